The fourth-order valence-corrected chi connectivity index (χ4v) is 3.84. The molecule has 0 aromatic heterocycles. The molecule has 0 bridgehead atoms. The van der Waals surface area contributed by atoms with Crippen LogP contribution in [0.4, 0.5) is 5.69 Å². The Bertz CT molecular complexity index is 732. The Kier molecular flexibility index (Phi) is 6.08. The van der Waals surface area contributed by atoms with Crippen LogP contribution >= 0.6 is 11.8 Å². The summed E-state index contributed by atoms with van der Waals surface area (Å²) in [5.74, 6) is 0.0767. The van der Waals surface area contributed by atoms with Crippen molar-refractivity contribution in [3.63, 3.8) is 0 Å². The summed E-state index contributed by atoms with van der Waals surface area (Å²) in [5, 5.41) is 13.9. The van der Waals surface area contributed by atoms with Crippen molar-refractivity contribution < 1.29 is 9.59 Å². The van der Waals surface area contributed by atoms with E-state index in [2.05, 4.69) is 34.7 Å². The molecule has 6 nitrogen and oxygen atoms in total. The third-order valence-corrected chi connectivity index (χ3v) is 5.54. The molecule has 2 fully saturated rings. The molecule has 1 heterocycles. The van der Waals surface area contributed by atoms with Gasteiger partial charge in [0, 0.05) is 17.8 Å². The minimum atomic E-state index is -0.465. The molecular formula is C19H24N4O2S. The highest BCUT2D eigenvalue weighted by Crippen LogP contribution is 2.24. The second kappa shape index (κ2) is 8.49. The van der Waals surface area contributed by atoms with Crippen LogP contribution in [0.1, 0.15) is 57.4 Å². The van der Waals surface area contributed by atoms with Crippen LogP contribution in [0.3, 0.4) is 0 Å². The van der Waals surface area contributed by atoms with Crippen molar-refractivity contribution in [2.75, 3.05) is 5.32 Å². The molecule has 138 valence electrons. The van der Waals surface area contributed by atoms with Gasteiger partial charge in [0.15, 0.2) is 5.17 Å². The molecule has 1 aromatic rings. The van der Waals surface area contributed by atoms with Crippen LogP contribution in [0, 0.1) is 0 Å². The molecule has 1 saturated heterocycles. The lowest BCUT2D eigenvalue weighted by Gasteiger charge is -2.09. The van der Waals surface area contributed by atoms with Crippen LogP contribution in [-0.4, -0.2) is 27.9 Å². The lowest BCUT2D eigenvalue weighted by molar-refractivity contribution is -0.122. The van der Waals surface area contributed by atoms with E-state index in [0.717, 1.165) is 37.1 Å². The minimum absolute atomic E-state index is 0.109. The van der Waals surface area contributed by atoms with Crippen LogP contribution in [0.5, 0.6) is 0 Å². The van der Waals surface area contributed by atoms with Gasteiger partial charge in [-0.05, 0) is 49.3 Å². The van der Waals surface area contributed by atoms with Crippen LogP contribution in [0.2, 0.25) is 0 Å². The van der Waals surface area contributed by atoms with Crippen LogP contribution in [0.15, 0.2) is 34.5 Å². The van der Waals surface area contributed by atoms with E-state index in [1.807, 2.05) is 24.3 Å². The maximum atomic E-state index is 12.2. The first kappa shape index (κ1) is 18.6. The molecule has 7 heteroatoms. The molecule has 3 rings (SSSR count). The molecule has 1 aliphatic carbocycles. The molecule has 1 aliphatic heterocycles. The quantitative estimate of drug-likeness (QED) is 0.774. The topological polar surface area (TPSA) is 82.9 Å². The average molecular weight is 372 g/mol. The van der Waals surface area contributed by atoms with Crippen LogP contribution in [0.25, 0.3) is 0 Å². The molecule has 2 N–H and O–H groups in total. The highest BCUT2D eigenvalue weighted by atomic mass is 32.2. The first-order valence-electron chi connectivity index (χ1n) is 9.02. The van der Waals surface area contributed by atoms with Crippen molar-refractivity contribution in [2.24, 2.45) is 10.2 Å². The summed E-state index contributed by atoms with van der Waals surface area (Å²) in [7, 11) is 0. The van der Waals surface area contributed by atoms with Crippen molar-refractivity contribution in [2.45, 2.75) is 57.1 Å². The number of nitrogens with zero attached hydrogens (tertiary/aromatic N) is 2. The predicted molar refractivity (Wildman–Crippen MR) is 107 cm³/mol. The van der Waals surface area contributed by atoms with Gasteiger partial charge in [0.2, 0.25) is 11.8 Å². The number of rotatable bonds is 5. The largest absolute Gasteiger partial charge is 0.326 e. The molecule has 26 heavy (non-hydrogen) atoms. The number of anilines is 1. The molecule has 0 radical (unpaired) electrons. The lowest BCUT2D eigenvalue weighted by atomic mass is 10.0. The smallest absolute Gasteiger partial charge is 0.240 e. The van der Waals surface area contributed by atoms with Gasteiger partial charge >= 0.3 is 0 Å². The Morgan fingerprint density at radius 3 is 2.58 bits per heavy atom. The predicted octanol–water partition coefficient (Wildman–Crippen LogP) is 3.66. The zero-order valence-corrected chi connectivity index (χ0v) is 15.9. The SMILES string of the molecule is CC(C)c1ccc(NC(=O)C[C@@H]2S/C(=N/N=C3CCCC3)NC2=O)cc1. The van der Waals surface area contributed by atoms with Gasteiger partial charge in [-0.3, -0.25) is 9.59 Å². The van der Waals surface area contributed by atoms with E-state index in [9.17, 15) is 9.59 Å². The summed E-state index contributed by atoms with van der Waals surface area (Å²) in [6, 6.07) is 7.79. The molecule has 0 unspecified atom stereocenters. The van der Waals surface area contributed by atoms with Gasteiger partial charge in [0.1, 0.15) is 5.25 Å². The zero-order chi connectivity index (χ0) is 18.5. The van der Waals surface area contributed by atoms with Gasteiger partial charge in [-0.25, -0.2) is 0 Å². The van der Waals surface area contributed by atoms with E-state index >= 15 is 0 Å². The van der Waals surface area contributed by atoms with Crippen LogP contribution < -0.4 is 10.6 Å². The van der Waals surface area contributed by atoms with Gasteiger partial charge in [-0.2, -0.15) is 5.10 Å². The zero-order valence-electron chi connectivity index (χ0n) is 15.1. The summed E-state index contributed by atoms with van der Waals surface area (Å²) in [4.78, 5) is 24.3. The van der Waals surface area contributed by atoms with Crippen molar-refractivity contribution >= 4 is 40.1 Å². The lowest BCUT2D eigenvalue weighted by Crippen LogP contribution is -2.28. The monoisotopic (exact) mass is 372 g/mol. The van der Waals surface area contributed by atoms with Crippen LogP contribution in [-0.2, 0) is 9.59 Å². The molecule has 0 spiro atoms. The summed E-state index contributed by atoms with van der Waals surface area (Å²) in [5.41, 5.74) is 3.04. The normalized spacial score (nSPS) is 21.3. The first-order chi connectivity index (χ1) is 12.5. The standard InChI is InChI=1S/C19H24N4O2S/c1-12(2)13-7-9-14(10-8-13)20-17(24)11-16-18(25)21-19(26-16)23-22-15-5-3-4-6-15/h7-10,12,16H,3-6,11H2,1-2H3,(H,20,24)(H,21,23,25)/t16-/m0/s1. The summed E-state index contributed by atoms with van der Waals surface area (Å²) in [6.07, 6.45) is 4.39. The number of carbonyl (C=O) groups excluding carboxylic acids is 2. The van der Waals surface area contributed by atoms with Gasteiger partial charge in [-0.15, -0.1) is 5.10 Å². The number of nitrogens with one attached hydrogen (secondary N) is 2. The molecular weight excluding hydrogens is 348 g/mol. The highest BCUT2D eigenvalue weighted by Gasteiger charge is 2.32. The van der Waals surface area contributed by atoms with E-state index in [4.69, 9.17) is 0 Å². The summed E-state index contributed by atoms with van der Waals surface area (Å²) in [6.45, 7) is 4.25. The molecule has 1 aromatic carbocycles. The Hall–Kier alpha value is -2.15. The molecule has 2 aliphatic rings. The number of carbonyl (C=O) groups is 2. The Morgan fingerprint density at radius 2 is 1.92 bits per heavy atom. The maximum absolute atomic E-state index is 12.2. The van der Waals surface area contributed by atoms with Gasteiger partial charge in [0.05, 0.1) is 0 Å². The fourth-order valence-electron chi connectivity index (χ4n) is 2.92. The fraction of sp³-hybridized carbons (Fsp3) is 0.474. The Labute approximate surface area is 157 Å². The van der Waals surface area contributed by atoms with E-state index in [1.165, 1.54) is 17.3 Å². The third kappa shape index (κ3) is 4.94. The molecule has 1 saturated carbocycles. The maximum Gasteiger partial charge on any atom is 0.240 e. The Balaban J connectivity index is 1.53. The first-order valence-corrected chi connectivity index (χ1v) is 9.90. The van der Waals surface area contributed by atoms with Crippen molar-refractivity contribution in [3.05, 3.63) is 29.8 Å². The third-order valence-electron chi connectivity index (χ3n) is 4.47. The molecule has 2 amide bonds. The number of hydrogen-bond acceptors (Lipinski definition) is 5. The van der Waals surface area contributed by atoms with E-state index < -0.39 is 5.25 Å². The Morgan fingerprint density at radius 1 is 1.23 bits per heavy atom. The van der Waals surface area contributed by atoms with Crippen molar-refractivity contribution in [1.82, 2.24) is 5.32 Å². The van der Waals surface area contributed by atoms with E-state index in [0.29, 0.717) is 11.1 Å². The summed E-state index contributed by atoms with van der Waals surface area (Å²) >= 11 is 1.27. The number of thioether (sulfide) groups is 1. The second-order valence-corrected chi connectivity index (χ2v) is 8.09. The van der Waals surface area contributed by atoms with E-state index in [-0.39, 0.29) is 18.2 Å². The number of amides is 2. The van der Waals surface area contributed by atoms with Gasteiger partial charge in [-0.1, -0.05) is 37.7 Å². The average Bonchev–Trinajstić information content (AvgIpc) is 3.23. The molecule has 1 atom stereocenters. The number of benzene rings is 1. The second-order valence-electron chi connectivity index (χ2n) is 6.90. The van der Waals surface area contributed by atoms with E-state index in [1.54, 1.807) is 0 Å². The summed E-state index contributed by atoms with van der Waals surface area (Å²) < 4.78 is 0. The number of hydrogen-bond donors (Lipinski definition) is 2. The van der Waals surface area contributed by atoms with Gasteiger partial charge < -0.3 is 10.6 Å². The highest BCUT2D eigenvalue weighted by molar-refractivity contribution is 8.15. The number of amidine groups is 1. The van der Waals surface area contributed by atoms with Crippen molar-refractivity contribution in [1.29, 1.82) is 0 Å². The van der Waals surface area contributed by atoms with Crippen molar-refractivity contribution in [3.8, 4) is 0 Å². The van der Waals surface area contributed by atoms with Gasteiger partial charge in [0.25, 0.3) is 0 Å². The minimum Gasteiger partial charge on any atom is -0.326 e.